The largest absolute Gasteiger partial charge is 0.478 e. The van der Waals surface area contributed by atoms with Crippen molar-refractivity contribution in [1.29, 1.82) is 0 Å². The van der Waals surface area contributed by atoms with Gasteiger partial charge in [0.1, 0.15) is 12.0 Å². The van der Waals surface area contributed by atoms with E-state index in [0.717, 1.165) is 41.1 Å². The van der Waals surface area contributed by atoms with Gasteiger partial charge in [0.2, 0.25) is 0 Å². The average Bonchev–Trinajstić information content (AvgIpc) is 3.40. The van der Waals surface area contributed by atoms with Gasteiger partial charge >= 0.3 is 5.97 Å². The predicted molar refractivity (Wildman–Crippen MR) is 118 cm³/mol. The highest BCUT2D eigenvalue weighted by Gasteiger charge is 2.47. The van der Waals surface area contributed by atoms with Crippen LogP contribution in [-0.4, -0.2) is 52.4 Å². The number of halogens is 2. The smallest absolute Gasteiger partial charge is 0.328 e. The molecular weight excluding hydrogens is 414 g/mol. The van der Waals surface area contributed by atoms with E-state index < -0.39 is 29.9 Å². The summed E-state index contributed by atoms with van der Waals surface area (Å²) in [4.78, 5) is 16.5. The quantitative estimate of drug-likeness (QED) is 0.681. The Morgan fingerprint density at radius 3 is 2.88 bits per heavy atom. The first-order chi connectivity index (χ1) is 15.4. The molecule has 5 rings (SSSR count). The molecule has 2 aliphatic heterocycles. The summed E-state index contributed by atoms with van der Waals surface area (Å²) in [6, 6.07) is 7.65. The minimum Gasteiger partial charge on any atom is -0.478 e. The van der Waals surface area contributed by atoms with Crippen LogP contribution in [0.15, 0.2) is 60.0 Å². The van der Waals surface area contributed by atoms with E-state index in [1.807, 2.05) is 18.2 Å². The van der Waals surface area contributed by atoms with Crippen LogP contribution in [0.2, 0.25) is 0 Å². The van der Waals surface area contributed by atoms with E-state index in [1.54, 1.807) is 0 Å². The van der Waals surface area contributed by atoms with Gasteiger partial charge in [-0.05, 0) is 55.2 Å². The Labute approximate surface area is 185 Å². The Hall–Kier alpha value is -2.77. The van der Waals surface area contributed by atoms with E-state index in [1.165, 1.54) is 18.2 Å². The second kappa shape index (κ2) is 8.30. The highest BCUT2D eigenvalue weighted by Crippen LogP contribution is 2.48. The normalized spacial score (nSPS) is 31.0. The number of nitrogens with zero attached hydrogens (tertiary/aromatic N) is 1. The Morgan fingerprint density at radius 2 is 2.16 bits per heavy atom. The van der Waals surface area contributed by atoms with E-state index >= 15 is 8.78 Å². The third-order valence-electron chi connectivity index (χ3n) is 6.88. The van der Waals surface area contributed by atoms with Crippen LogP contribution in [0.25, 0.3) is 10.9 Å². The summed E-state index contributed by atoms with van der Waals surface area (Å²) in [7, 11) is 0. The van der Waals surface area contributed by atoms with Crippen molar-refractivity contribution in [3.63, 3.8) is 0 Å². The number of hydrogen-bond donors (Lipinski definition) is 2. The Bertz CT molecular complexity index is 1130. The number of ether oxygens (including phenoxy) is 1. The van der Waals surface area contributed by atoms with Gasteiger partial charge in [-0.3, -0.25) is 4.90 Å². The Kier molecular flexibility index (Phi) is 5.47. The van der Waals surface area contributed by atoms with Crippen LogP contribution < -0.4 is 0 Å². The van der Waals surface area contributed by atoms with Gasteiger partial charge in [0.05, 0.1) is 18.6 Å². The number of carboxylic acid groups (broad SMARTS) is 1. The van der Waals surface area contributed by atoms with Crippen molar-refractivity contribution in [3.8, 4) is 0 Å². The molecule has 3 heterocycles. The molecule has 5 atom stereocenters. The summed E-state index contributed by atoms with van der Waals surface area (Å²) in [5.74, 6) is -2.75. The number of rotatable bonds is 4. The molecule has 0 radical (unpaired) electrons. The first kappa shape index (κ1) is 21.1. The summed E-state index contributed by atoms with van der Waals surface area (Å²) in [6.45, 7) is 3.31. The lowest BCUT2D eigenvalue weighted by atomic mass is 9.79. The molecule has 3 aliphatic rings. The lowest BCUT2D eigenvalue weighted by molar-refractivity contribution is -0.131. The zero-order chi connectivity index (χ0) is 22.4. The number of aromatic nitrogens is 1. The van der Waals surface area contributed by atoms with Gasteiger partial charge in [-0.15, -0.1) is 0 Å². The lowest BCUT2D eigenvalue weighted by Gasteiger charge is -2.47. The van der Waals surface area contributed by atoms with Crippen LogP contribution in [0, 0.1) is 5.92 Å². The summed E-state index contributed by atoms with van der Waals surface area (Å²) >= 11 is 0. The molecule has 5 nitrogen and oxygen atoms in total. The van der Waals surface area contributed by atoms with Crippen molar-refractivity contribution >= 4 is 16.9 Å². The fourth-order valence-corrected chi connectivity index (χ4v) is 5.57. The van der Waals surface area contributed by atoms with Crippen LogP contribution in [0.4, 0.5) is 8.78 Å². The maximum atomic E-state index is 15.6. The van der Waals surface area contributed by atoms with Crippen LogP contribution >= 0.6 is 0 Å². The number of allylic oxidation sites excluding steroid dienone is 4. The predicted octanol–water partition coefficient (Wildman–Crippen LogP) is 4.63. The minimum absolute atomic E-state index is 0.0897. The number of fused-ring (bicyclic) bond motifs is 3. The average molecular weight is 440 g/mol. The van der Waals surface area contributed by atoms with E-state index in [2.05, 4.69) is 22.9 Å². The molecule has 32 heavy (non-hydrogen) atoms. The fourth-order valence-electron chi connectivity index (χ4n) is 5.57. The second-order valence-electron chi connectivity index (χ2n) is 8.86. The van der Waals surface area contributed by atoms with Gasteiger partial charge in [0.15, 0.2) is 0 Å². The van der Waals surface area contributed by atoms with Crippen molar-refractivity contribution in [2.75, 3.05) is 13.2 Å². The molecule has 1 fully saturated rings. The second-order valence-corrected chi connectivity index (χ2v) is 8.86. The summed E-state index contributed by atoms with van der Waals surface area (Å²) in [5.41, 5.74) is 3.18. The van der Waals surface area contributed by atoms with E-state index in [0.29, 0.717) is 13.2 Å². The molecule has 0 saturated carbocycles. The number of carbonyl (C=O) groups is 1. The maximum Gasteiger partial charge on any atom is 0.328 e. The third kappa shape index (κ3) is 3.59. The number of hydrogen-bond acceptors (Lipinski definition) is 3. The molecule has 168 valence electrons. The Balaban J connectivity index is 1.61. The van der Waals surface area contributed by atoms with Crippen LogP contribution in [-0.2, 0) is 16.0 Å². The van der Waals surface area contributed by atoms with Crippen molar-refractivity contribution in [1.82, 2.24) is 9.88 Å². The van der Waals surface area contributed by atoms with Crippen molar-refractivity contribution in [3.05, 3.63) is 71.2 Å². The Morgan fingerprint density at radius 1 is 1.34 bits per heavy atom. The number of H-pyrrole nitrogens is 1. The maximum absolute atomic E-state index is 15.6. The highest BCUT2D eigenvalue weighted by molar-refractivity contribution is 5.85. The molecule has 0 amide bonds. The minimum atomic E-state index is -1.59. The van der Waals surface area contributed by atoms with Crippen LogP contribution in [0.5, 0.6) is 0 Å². The molecule has 1 aromatic heterocycles. The number of benzene rings is 1. The van der Waals surface area contributed by atoms with Gasteiger partial charge in [-0.2, -0.15) is 0 Å². The molecule has 7 heteroatoms. The number of alkyl halides is 1. The highest BCUT2D eigenvalue weighted by atomic mass is 19.1. The molecule has 2 unspecified atom stereocenters. The first-order valence-corrected chi connectivity index (χ1v) is 11.0. The number of carboxylic acids is 1. The van der Waals surface area contributed by atoms with Gasteiger partial charge in [-0.25, -0.2) is 13.6 Å². The van der Waals surface area contributed by atoms with Crippen LogP contribution in [0.1, 0.15) is 30.6 Å². The number of nitrogens with one attached hydrogen (secondary N) is 1. The molecule has 1 aromatic carbocycles. The summed E-state index contributed by atoms with van der Waals surface area (Å²) < 4.78 is 36.7. The molecule has 2 N–H and O–H groups in total. The third-order valence-corrected chi connectivity index (χ3v) is 6.88. The van der Waals surface area contributed by atoms with Crippen LogP contribution in [0.3, 0.4) is 0 Å². The van der Waals surface area contributed by atoms with Gasteiger partial charge in [0, 0.05) is 41.4 Å². The lowest BCUT2D eigenvalue weighted by Crippen LogP contribution is -2.52. The number of para-hydroxylation sites is 1. The zero-order valence-corrected chi connectivity index (χ0v) is 17.8. The number of aliphatic carboxylic acids is 1. The topological polar surface area (TPSA) is 65.6 Å². The standard InChI is InChI=1S/C25H26F2N2O3/c1-14-10-18-17-4-2-3-5-21(17)28-24(18)25(29(14)16-8-9-32-13-16)23-19(26)11-15(12-20(23)27)6-7-22(30)31/h2-7,11-12,14,16,19,23,25,28H,8-10,13H2,1H3,(H,30,31)/b7-6+/t14-,16-,19?,23?,25-/m1/s1. The molecule has 2 aromatic rings. The zero-order valence-electron chi connectivity index (χ0n) is 17.8. The number of aromatic amines is 1. The SMILES string of the molecule is C[C@@H]1Cc2c([nH]c3ccccc23)[C@@H](C2C(F)=CC(/C=C/C(=O)O)=CC2F)N1[C@@H]1CCOC1. The summed E-state index contributed by atoms with van der Waals surface area (Å²) in [5, 5.41) is 9.95. The first-order valence-electron chi connectivity index (χ1n) is 11.0. The van der Waals surface area contributed by atoms with E-state index in [-0.39, 0.29) is 17.7 Å². The van der Waals surface area contributed by atoms with E-state index in [4.69, 9.17) is 9.84 Å². The van der Waals surface area contributed by atoms with Crippen molar-refractivity contribution < 1.29 is 23.4 Å². The molecule has 0 spiro atoms. The van der Waals surface area contributed by atoms with Gasteiger partial charge in [-0.1, -0.05) is 18.2 Å². The molecule has 1 saturated heterocycles. The molecular formula is C25H26F2N2O3. The van der Waals surface area contributed by atoms with Crippen molar-refractivity contribution in [2.24, 2.45) is 5.92 Å². The van der Waals surface area contributed by atoms with Gasteiger partial charge < -0.3 is 14.8 Å². The monoisotopic (exact) mass is 440 g/mol. The van der Waals surface area contributed by atoms with E-state index in [9.17, 15) is 4.79 Å². The fraction of sp³-hybridized carbons (Fsp3) is 0.400. The van der Waals surface area contributed by atoms with Gasteiger partial charge in [0.25, 0.3) is 0 Å². The van der Waals surface area contributed by atoms with Crippen molar-refractivity contribution in [2.45, 2.75) is 44.1 Å². The summed E-state index contributed by atoms with van der Waals surface area (Å²) in [6.07, 6.45) is 4.72. The molecule has 1 aliphatic carbocycles. The molecule has 0 bridgehead atoms.